The zero-order valence-electron chi connectivity index (χ0n) is 28.0. The molecule has 0 amide bonds. The van der Waals surface area contributed by atoms with Gasteiger partial charge in [-0.25, -0.2) is 0 Å². The predicted octanol–water partition coefficient (Wildman–Crippen LogP) is 9.76. The van der Waals surface area contributed by atoms with Gasteiger partial charge in [0.05, 0.1) is 16.3 Å². The minimum atomic E-state index is -4.31. The van der Waals surface area contributed by atoms with Crippen LogP contribution in [-0.4, -0.2) is 25.7 Å². The molecule has 0 unspecified atom stereocenters. The van der Waals surface area contributed by atoms with Gasteiger partial charge in [0, 0.05) is 29.3 Å². The Morgan fingerprint density at radius 3 is 2.31 bits per heavy atom. The molecule has 0 atom stereocenters. The smallest absolute Gasteiger partial charge is 0.294 e. The molecular weight excluding hydrogens is 617 g/mol. The number of benzene rings is 4. The van der Waals surface area contributed by atoms with Gasteiger partial charge in [0.2, 0.25) is 0 Å². The number of likely N-dealkylation sites (N-methyl/N-ethyl adjacent to an activating group) is 1. The lowest BCUT2D eigenvalue weighted by molar-refractivity contribution is 0.415. The average Bonchev–Trinajstić information content (AvgIpc) is 3.44. The molecule has 0 aromatic heterocycles. The molecule has 2 aliphatic heterocycles. The summed E-state index contributed by atoms with van der Waals surface area (Å²) < 4.78 is 39.5. The van der Waals surface area contributed by atoms with Gasteiger partial charge < -0.3 is 9.64 Å². The van der Waals surface area contributed by atoms with E-state index in [9.17, 15) is 13.0 Å². The molecule has 4 aromatic carbocycles. The molecule has 0 saturated heterocycles. The Morgan fingerprint density at radius 2 is 1.56 bits per heavy atom. The standard InChI is InChI=1S/C41H40N2O4S/c1-40(2)33-15-8-9-16-35(33)43(5)37(40)26-19-29-13-10-12-28(39(29)47-30-20-22-31(23-21-30)48(44,45)46)18-25-36-41(3,4)38-32-14-7-6-11-27(32)17-24-34(38)42-36/h6-9,11,14-26H,10,12-13H2,1-5H3,(H,44,45,46)/b25-18+,29-19+,37-26+. The molecule has 3 aliphatic rings. The summed E-state index contributed by atoms with van der Waals surface area (Å²) in [4.78, 5) is 7.18. The molecule has 2 heterocycles. The van der Waals surface area contributed by atoms with Crippen molar-refractivity contribution in [1.82, 2.24) is 0 Å². The van der Waals surface area contributed by atoms with E-state index in [-0.39, 0.29) is 15.7 Å². The van der Waals surface area contributed by atoms with Crippen LogP contribution in [-0.2, 0) is 20.9 Å². The summed E-state index contributed by atoms with van der Waals surface area (Å²) in [6.07, 6.45) is 11.3. The molecule has 0 spiro atoms. The highest BCUT2D eigenvalue weighted by Crippen LogP contribution is 2.47. The largest absolute Gasteiger partial charge is 0.457 e. The van der Waals surface area contributed by atoms with Crippen LogP contribution in [0.15, 0.2) is 142 Å². The molecule has 48 heavy (non-hydrogen) atoms. The third-order valence-electron chi connectivity index (χ3n) is 10.1. The third kappa shape index (κ3) is 5.51. The molecule has 4 aromatic rings. The fourth-order valence-electron chi connectivity index (χ4n) is 7.46. The lowest BCUT2D eigenvalue weighted by Gasteiger charge is -2.25. The summed E-state index contributed by atoms with van der Waals surface area (Å²) in [5.74, 6) is 1.25. The second-order valence-electron chi connectivity index (χ2n) is 13.8. The molecule has 7 heteroatoms. The van der Waals surface area contributed by atoms with E-state index < -0.39 is 10.1 Å². The number of allylic oxidation sites excluding steroid dienone is 7. The second-order valence-corrected chi connectivity index (χ2v) is 15.3. The highest BCUT2D eigenvalue weighted by Gasteiger charge is 2.38. The van der Waals surface area contributed by atoms with Crippen LogP contribution in [0.25, 0.3) is 10.8 Å². The predicted molar refractivity (Wildman–Crippen MR) is 195 cm³/mol. The quantitative estimate of drug-likeness (QED) is 0.209. The van der Waals surface area contributed by atoms with Crippen LogP contribution in [0.5, 0.6) is 5.75 Å². The van der Waals surface area contributed by atoms with E-state index in [2.05, 4.69) is 125 Å². The van der Waals surface area contributed by atoms with Crippen LogP contribution in [0.2, 0.25) is 0 Å². The first-order valence-corrected chi connectivity index (χ1v) is 17.8. The fraction of sp³-hybridized carbons (Fsp3) is 0.244. The maximum absolute atomic E-state index is 11.7. The van der Waals surface area contributed by atoms with Crippen molar-refractivity contribution in [2.24, 2.45) is 4.99 Å². The Labute approximate surface area is 283 Å². The van der Waals surface area contributed by atoms with Crippen LogP contribution in [0.1, 0.15) is 58.1 Å². The van der Waals surface area contributed by atoms with Gasteiger partial charge in [-0.05, 0) is 101 Å². The van der Waals surface area contributed by atoms with Gasteiger partial charge in [0.25, 0.3) is 10.1 Å². The Bertz CT molecular complexity index is 2220. The molecular formula is C41H40N2O4S. The van der Waals surface area contributed by atoms with Gasteiger partial charge in [-0.1, -0.05) is 88.4 Å². The number of rotatable bonds is 6. The lowest BCUT2D eigenvalue weighted by Crippen LogP contribution is -2.24. The van der Waals surface area contributed by atoms with Crippen molar-refractivity contribution >= 4 is 38.0 Å². The van der Waals surface area contributed by atoms with Crippen molar-refractivity contribution in [3.8, 4) is 5.75 Å². The minimum absolute atomic E-state index is 0.165. The van der Waals surface area contributed by atoms with Crippen molar-refractivity contribution in [2.45, 2.75) is 62.7 Å². The average molecular weight is 657 g/mol. The molecule has 1 N–H and O–H groups in total. The van der Waals surface area contributed by atoms with Crippen molar-refractivity contribution in [3.05, 3.63) is 143 Å². The van der Waals surface area contributed by atoms with E-state index in [1.807, 2.05) is 0 Å². The number of para-hydroxylation sites is 1. The van der Waals surface area contributed by atoms with Crippen molar-refractivity contribution < 1.29 is 17.7 Å². The molecule has 6 nitrogen and oxygen atoms in total. The van der Waals surface area contributed by atoms with Gasteiger partial charge >= 0.3 is 0 Å². The molecule has 1 aliphatic carbocycles. The molecule has 0 fully saturated rings. The van der Waals surface area contributed by atoms with E-state index in [4.69, 9.17) is 9.73 Å². The van der Waals surface area contributed by atoms with Crippen LogP contribution in [0, 0.1) is 0 Å². The van der Waals surface area contributed by atoms with Gasteiger partial charge in [0.15, 0.2) is 0 Å². The van der Waals surface area contributed by atoms with Crippen LogP contribution < -0.4 is 9.64 Å². The summed E-state index contributed by atoms with van der Waals surface area (Å²) >= 11 is 0. The first-order chi connectivity index (χ1) is 22.9. The zero-order valence-corrected chi connectivity index (χ0v) is 28.8. The van der Waals surface area contributed by atoms with Crippen LogP contribution >= 0.6 is 0 Å². The highest BCUT2D eigenvalue weighted by atomic mass is 32.2. The lowest BCUT2D eigenvalue weighted by atomic mass is 9.78. The van der Waals surface area contributed by atoms with Gasteiger partial charge in [-0.3, -0.25) is 9.55 Å². The highest BCUT2D eigenvalue weighted by molar-refractivity contribution is 7.85. The summed E-state index contributed by atoms with van der Waals surface area (Å²) in [5, 5.41) is 2.43. The van der Waals surface area contributed by atoms with E-state index in [0.29, 0.717) is 5.75 Å². The van der Waals surface area contributed by atoms with E-state index >= 15 is 0 Å². The Hall–Kier alpha value is -4.72. The number of nitrogens with zero attached hydrogens (tertiary/aromatic N) is 2. The number of ether oxygens (including phenoxy) is 1. The Morgan fingerprint density at radius 1 is 0.833 bits per heavy atom. The maximum Gasteiger partial charge on any atom is 0.294 e. The summed E-state index contributed by atoms with van der Waals surface area (Å²) in [7, 11) is -2.20. The van der Waals surface area contributed by atoms with Crippen molar-refractivity contribution in [3.63, 3.8) is 0 Å². The topological polar surface area (TPSA) is 79.2 Å². The number of anilines is 1. The minimum Gasteiger partial charge on any atom is -0.457 e. The summed E-state index contributed by atoms with van der Waals surface area (Å²) in [5.41, 5.74) is 8.59. The molecule has 0 saturated carbocycles. The van der Waals surface area contributed by atoms with Gasteiger partial charge in [0.1, 0.15) is 11.5 Å². The maximum atomic E-state index is 11.7. The van der Waals surface area contributed by atoms with E-state index in [0.717, 1.165) is 47.6 Å². The van der Waals surface area contributed by atoms with Gasteiger partial charge in [-0.15, -0.1) is 0 Å². The summed E-state index contributed by atoms with van der Waals surface area (Å²) in [6.45, 7) is 8.97. The normalized spacial score (nSPS) is 20.1. The number of fused-ring (bicyclic) bond motifs is 4. The first-order valence-electron chi connectivity index (χ1n) is 16.4. The molecule has 0 bridgehead atoms. The third-order valence-corrected chi connectivity index (χ3v) is 10.9. The molecule has 7 rings (SSSR count). The molecule has 244 valence electrons. The number of hydrogen-bond donors (Lipinski definition) is 1. The number of hydrogen-bond acceptors (Lipinski definition) is 5. The SMILES string of the molecule is CN1/C(=C/C=C2\CCCC(/C=C/C3=Nc4ccc5ccccc5c4C3(C)C)=C2Oc2ccc(S(=O)(=O)O)cc2)C(C)(C)c2ccccc21. The van der Waals surface area contributed by atoms with Gasteiger partial charge in [-0.2, -0.15) is 8.42 Å². The number of aliphatic imine (C=N–C) groups is 1. The van der Waals surface area contributed by atoms with E-state index in [1.54, 1.807) is 12.1 Å². The van der Waals surface area contributed by atoms with Crippen LogP contribution in [0.4, 0.5) is 11.4 Å². The summed E-state index contributed by atoms with van der Waals surface area (Å²) in [6, 6.07) is 27.1. The first kappa shape index (κ1) is 31.9. The van der Waals surface area contributed by atoms with Crippen molar-refractivity contribution in [1.29, 1.82) is 0 Å². The monoisotopic (exact) mass is 656 g/mol. The Balaban J connectivity index is 1.29. The Kier molecular flexibility index (Phi) is 7.80. The van der Waals surface area contributed by atoms with Crippen LogP contribution in [0.3, 0.4) is 0 Å². The second kappa shape index (κ2) is 11.8. The zero-order chi connectivity index (χ0) is 33.8. The fourth-order valence-corrected chi connectivity index (χ4v) is 7.94. The van der Waals surface area contributed by atoms with E-state index in [1.165, 1.54) is 45.4 Å². The molecule has 0 radical (unpaired) electrons. The van der Waals surface area contributed by atoms with Crippen molar-refractivity contribution in [2.75, 3.05) is 11.9 Å².